The first kappa shape index (κ1) is 11.7. The van der Waals surface area contributed by atoms with E-state index in [4.69, 9.17) is 0 Å². The first-order chi connectivity index (χ1) is 7.69. The number of aryl methyl sites for hydroxylation is 2. The fourth-order valence-electron chi connectivity index (χ4n) is 2.15. The average Bonchev–Trinajstić information content (AvgIpc) is 2.71. The standard InChI is InChI=1S/C12H19N3S/c1-8-7-13-9(2)12(14-8)15-10-4-5-11(6-10)16-3/h7,10-11H,4-6H2,1-3H3,(H,14,15)/t10-,11+/m1/s1. The van der Waals surface area contributed by atoms with Crippen LogP contribution < -0.4 is 5.32 Å². The van der Waals surface area contributed by atoms with Crippen molar-refractivity contribution in [1.82, 2.24) is 9.97 Å². The van der Waals surface area contributed by atoms with Crippen molar-refractivity contribution < 1.29 is 0 Å². The van der Waals surface area contributed by atoms with Gasteiger partial charge in [-0.3, -0.25) is 4.98 Å². The first-order valence-electron chi connectivity index (χ1n) is 5.78. The summed E-state index contributed by atoms with van der Waals surface area (Å²) in [5.41, 5.74) is 1.98. The minimum absolute atomic E-state index is 0.576. The van der Waals surface area contributed by atoms with Gasteiger partial charge in [0.05, 0.1) is 11.4 Å². The summed E-state index contributed by atoms with van der Waals surface area (Å²) < 4.78 is 0. The van der Waals surface area contributed by atoms with Crippen molar-refractivity contribution in [3.63, 3.8) is 0 Å². The van der Waals surface area contributed by atoms with Crippen molar-refractivity contribution in [1.29, 1.82) is 0 Å². The third kappa shape index (κ3) is 2.67. The molecule has 1 aliphatic carbocycles. The van der Waals surface area contributed by atoms with Gasteiger partial charge in [0, 0.05) is 17.5 Å². The maximum Gasteiger partial charge on any atom is 0.147 e. The summed E-state index contributed by atoms with van der Waals surface area (Å²) in [7, 11) is 0. The van der Waals surface area contributed by atoms with E-state index in [1.807, 2.05) is 31.8 Å². The van der Waals surface area contributed by atoms with Crippen LogP contribution in [0.3, 0.4) is 0 Å². The molecule has 0 aromatic carbocycles. The summed E-state index contributed by atoms with van der Waals surface area (Å²) in [6.07, 6.45) is 7.83. The van der Waals surface area contributed by atoms with Crippen molar-refractivity contribution in [3.8, 4) is 0 Å². The quantitative estimate of drug-likeness (QED) is 0.877. The molecule has 1 fully saturated rings. The van der Waals surface area contributed by atoms with Gasteiger partial charge in [0.15, 0.2) is 0 Å². The number of rotatable bonds is 3. The lowest BCUT2D eigenvalue weighted by molar-refractivity contribution is 0.748. The number of hydrogen-bond donors (Lipinski definition) is 1. The largest absolute Gasteiger partial charge is 0.366 e. The van der Waals surface area contributed by atoms with Crippen LogP contribution in [0.25, 0.3) is 0 Å². The molecule has 0 aliphatic heterocycles. The highest BCUT2D eigenvalue weighted by Gasteiger charge is 2.24. The monoisotopic (exact) mass is 237 g/mol. The SMILES string of the molecule is CS[C@H]1CC[C@@H](Nc2nc(C)cnc2C)C1. The van der Waals surface area contributed by atoms with Gasteiger partial charge < -0.3 is 5.32 Å². The maximum absolute atomic E-state index is 4.51. The number of nitrogens with one attached hydrogen (secondary N) is 1. The Kier molecular flexibility index (Phi) is 3.69. The zero-order valence-corrected chi connectivity index (χ0v) is 11.0. The lowest BCUT2D eigenvalue weighted by atomic mass is 10.2. The zero-order chi connectivity index (χ0) is 11.5. The van der Waals surface area contributed by atoms with Crippen LogP contribution in [-0.2, 0) is 0 Å². The highest BCUT2D eigenvalue weighted by Crippen LogP contribution is 2.30. The predicted molar refractivity (Wildman–Crippen MR) is 70.1 cm³/mol. The molecule has 0 spiro atoms. The third-order valence-corrected chi connectivity index (χ3v) is 4.23. The van der Waals surface area contributed by atoms with E-state index in [2.05, 4.69) is 21.5 Å². The average molecular weight is 237 g/mol. The Morgan fingerprint density at radius 1 is 1.38 bits per heavy atom. The molecule has 1 aromatic heterocycles. The molecule has 2 rings (SSSR count). The van der Waals surface area contributed by atoms with Gasteiger partial charge >= 0.3 is 0 Å². The number of thioether (sulfide) groups is 1. The van der Waals surface area contributed by atoms with Crippen molar-refractivity contribution in [2.45, 2.75) is 44.4 Å². The van der Waals surface area contributed by atoms with Crippen LogP contribution in [0, 0.1) is 13.8 Å². The molecule has 88 valence electrons. The van der Waals surface area contributed by atoms with Crippen LogP contribution in [0.15, 0.2) is 6.20 Å². The lowest BCUT2D eigenvalue weighted by Gasteiger charge is -2.15. The van der Waals surface area contributed by atoms with E-state index in [1.54, 1.807) is 0 Å². The van der Waals surface area contributed by atoms with Crippen molar-refractivity contribution in [3.05, 3.63) is 17.6 Å². The molecule has 4 heteroatoms. The summed E-state index contributed by atoms with van der Waals surface area (Å²) in [5, 5.41) is 4.34. The van der Waals surface area contributed by atoms with Crippen molar-refractivity contribution in [2.75, 3.05) is 11.6 Å². The molecule has 3 nitrogen and oxygen atoms in total. The van der Waals surface area contributed by atoms with Gasteiger partial charge in [-0.2, -0.15) is 11.8 Å². The fourth-order valence-corrected chi connectivity index (χ4v) is 2.95. The molecule has 1 aromatic rings. The lowest BCUT2D eigenvalue weighted by Crippen LogP contribution is -2.18. The Balaban J connectivity index is 2.01. The van der Waals surface area contributed by atoms with Crippen molar-refractivity contribution in [2.24, 2.45) is 0 Å². The fraction of sp³-hybridized carbons (Fsp3) is 0.667. The molecule has 0 unspecified atom stereocenters. The van der Waals surface area contributed by atoms with E-state index in [9.17, 15) is 0 Å². The second kappa shape index (κ2) is 5.04. The molecule has 1 N–H and O–H groups in total. The Labute approximate surface area is 101 Å². The van der Waals surface area contributed by atoms with E-state index in [-0.39, 0.29) is 0 Å². The number of hydrogen-bond acceptors (Lipinski definition) is 4. The molecule has 0 saturated heterocycles. The van der Waals surface area contributed by atoms with Crippen molar-refractivity contribution >= 4 is 17.6 Å². The summed E-state index contributed by atoms with van der Waals surface area (Å²) in [6, 6.07) is 0.576. The molecular weight excluding hydrogens is 218 g/mol. The normalized spacial score (nSPS) is 24.7. The van der Waals surface area contributed by atoms with Crippen LogP contribution >= 0.6 is 11.8 Å². The Morgan fingerprint density at radius 3 is 2.88 bits per heavy atom. The van der Waals surface area contributed by atoms with E-state index in [1.165, 1.54) is 19.3 Å². The van der Waals surface area contributed by atoms with Crippen LogP contribution in [0.4, 0.5) is 5.82 Å². The van der Waals surface area contributed by atoms with Crippen LogP contribution in [0.2, 0.25) is 0 Å². The molecule has 16 heavy (non-hydrogen) atoms. The highest BCUT2D eigenvalue weighted by atomic mass is 32.2. The number of nitrogens with zero attached hydrogens (tertiary/aromatic N) is 2. The predicted octanol–water partition coefficient (Wildman–Crippen LogP) is 2.79. The molecule has 2 atom stereocenters. The van der Waals surface area contributed by atoms with E-state index >= 15 is 0 Å². The molecule has 0 bridgehead atoms. The molecule has 0 radical (unpaired) electrons. The highest BCUT2D eigenvalue weighted by molar-refractivity contribution is 7.99. The molecule has 1 aliphatic rings. The molecule has 1 saturated carbocycles. The Hall–Kier alpha value is -0.770. The van der Waals surface area contributed by atoms with E-state index in [0.717, 1.165) is 22.5 Å². The van der Waals surface area contributed by atoms with Gasteiger partial charge in [0.2, 0.25) is 0 Å². The minimum atomic E-state index is 0.576. The van der Waals surface area contributed by atoms with Crippen LogP contribution in [-0.4, -0.2) is 27.5 Å². The second-order valence-corrected chi connectivity index (χ2v) is 5.60. The number of aromatic nitrogens is 2. The van der Waals surface area contributed by atoms with Gasteiger partial charge in [-0.05, 0) is 39.4 Å². The topological polar surface area (TPSA) is 37.8 Å². The summed E-state index contributed by atoms with van der Waals surface area (Å²) in [4.78, 5) is 8.84. The Bertz CT molecular complexity index is 367. The third-order valence-electron chi connectivity index (χ3n) is 3.13. The van der Waals surface area contributed by atoms with Gasteiger partial charge in [0.1, 0.15) is 5.82 Å². The summed E-state index contributed by atoms with van der Waals surface area (Å²) >= 11 is 1.98. The van der Waals surface area contributed by atoms with Gasteiger partial charge in [0.25, 0.3) is 0 Å². The summed E-state index contributed by atoms with van der Waals surface area (Å²) in [6.45, 7) is 3.99. The Morgan fingerprint density at radius 2 is 2.19 bits per heavy atom. The summed E-state index contributed by atoms with van der Waals surface area (Å²) in [5.74, 6) is 0.965. The molecular formula is C12H19N3S. The second-order valence-electron chi connectivity index (χ2n) is 4.46. The smallest absolute Gasteiger partial charge is 0.147 e. The zero-order valence-electron chi connectivity index (χ0n) is 10.2. The molecule has 0 amide bonds. The van der Waals surface area contributed by atoms with E-state index < -0.39 is 0 Å². The van der Waals surface area contributed by atoms with E-state index in [0.29, 0.717) is 6.04 Å². The van der Waals surface area contributed by atoms with Gasteiger partial charge in [-0.25, -0.2) is 4.98 Å². The van der Waals surface area contributed by atoms with Gasteiger partial charge in [-0.15, -0.1) is 0 Å². The first-order valence-corrected chi connectivity index (χ1v) is 7.07. The molecule has 1 heterocycles. The maximum atomic E-state index is 4.51. The minimum Gasteiger partial charge on any atom is -0.366 e. The number of anilines is 1. The van der Waals surface area contributed by atoms with Crippen LogP contribution in [0.1, 0.15) is 30.7 Å². The van der Waals surface area contributed by atoms with Crippen LogP contribution in [0.5, 0.6) is 0 Å². The van der Waals surface area contributed by atoms with Gasteiger partial charge in [-0.1, -0.05) is 0 Å².